The van der Waals surface area contributed by atoms with Crippen LogP contribution in [0.3, 0.4) is 0 Å². The van der Waals surface area contributed by atoms with Crippen LogP contribution < -0.4 is 0 Å². The smallest absolute Gasteiger partial charge is 0.176 e. The number of aryl methyl sites for hydroxylation is 1. The van der Waals surface area contributed by atoms with Crippen molar-refractivity contribution in [3.63, 3.8) is 0 Å². The van der Waals surface area contributed by atoms with Crippen molar-refractivity contribution in [3.05, 3.63) is 65.5 Å². The average molecular weight is 254 g/mol. The van der Waals surface area contributed by atoms with Crippen molar-refractivity contribution in [3.8, 4) is 0 Å². The van der Waals surface area contributed by atoms with Crippen LogP contribution in [0, 0.1) is 6.92 Å². The second-order valence-corrected chi connectivity index (χ2v) is 4.82. The molecule has 19 heavy (non-hydrogen) atoms. The molecule has 0 bridgehead atoms. The van der Waals surface area contributed by atoms with Crippen molar-refractivity contribution >= 4 is 5.78 Å². The van der Waals surface area contributed by atoms with Gasteiger partial charge in [0.15, 0.2) is 5.78 Å². The van der Waals surface area contributed by atoms with Gasteiger partial charge in [0, 0.05) is 24.5 Å². The molecule has 1 aromatic heterocycles. The molecule has 0 atom stereocenters. The van der Waals surface area contributed by atoms with Crippen LogP contribution in [0.4, 0.5) is 0 Å². The minimum absolute atomic E-state index is 0.153. The fraction of sp³-hybridized carbons (Fsp3) is 0.250. The third-order valence-electron chi connectivity index (χ3n) is 2.96. The number of hydrogen-bond acceptors (Lipinski definition) is 3. The Labute approximate surface area is 113 Å². The Hall–Kier alpha value is -2.00. The zero-order chi connectivity index (χ0) is 13.7. The molecule has 0 spiro atoms. The predicted octanol–water partition coefficient (Wildman–Crippen LogP) is 2.70. The molecule has 0 amide bonds. The number of carbonyl (C=O) groups is 1. The van der Waals surface area contributed by atoms with Crippen LogP contribution in [0.25, 0.3) is 0 Å². The van der Waals surface area contributed by atoms with Gasteiger partial charge in [-0.3, -0.25) is 14.7 Å². The van der Waals surface area contributed by atoms with Crippen LogP contribution in [-0.2, 0) is 6.54 Å². The minimum atomic E-state index is 0.153. The monoisotopic (exact) mass is 254 g/mol. The van der Waals surface area contributed by atoms with Gasteiger partial charge >= 0.3 is 0 Å². The predicted molar refractivity (Wildman–Crippen MR) is 76.1 cm³/mol. The van der Waals surface area contributed by atoms with Gasteiger partial charge in [-0.15, -0.1) is 0 Å². The first kappa shape index (κ1) is 13.4. The van der Waals surface area contributed by atoms with E-state index in [0.717, 1.165) is 23.2 Å². The molecular weight excluding hydrogens is 236 g/mol. The van der Waals surface area contributed by atoms with Gasteiger partial charge in [0.2, 0.25) is 0 Å². The molecule has 0 radical (unpaired) electrons. The van der Waals surface area contributed by atoms with E-state index in [9.17, 15) is 4.79 Å². The van der Waals surface area contributed by atoms with Crippen LogP contribution in [0.5, 0.6) is 0 Å². The zero-order valence-corrected chi connectivity index (χ0v) is 11.3. The van der Waals surface area contributed by atoms with E-state index in [-0.39, 0.29) is 5.78 Å². The van der Waals surface area contributed by atoms with Gasteiger partial charge in [-0.25, -0.2) is 0 Å². The first-order valence-electron chi connectivity index (χ1n) is 6.32. The highest BCUT2D eigenvalue weighted by Gasteiger charge is 2.09. The number of aromatic nitrogens is 1. The molecule has 0 saturated heterocycles. The highest BCUT2D eigenvalue weighted by molar-refractivity contribution is 5.97. The van der Waals surface area contributed by atoms with Crippen LogP contribution in [0.15, 0.2) is 48.8 Å². The summed E-state index contributed by atoms with van der Waals surface area (Å²) in [5.41, 5.74) is 3.05. The summed E-state index contributed by atoms with van der Waals surface area (Å²) in [5, 5.41) is 0. The first-order chi connectivity index (χ1) is 9.15. The number of rotatable bonds is 5. The zero-order valence-electron chi connectivity index (χ0n) is 11.3. The second kappa shape index (κ2) is 6.25. The summed E-state index contributed by atoms with van der Waals surface area (Å²) in [4.78, 5) is 18.1. The highest BCUT2D eigenvalue weighted by Crippen LogP contribution is 2.07. The second-order valence-electron chi connectivity index (χ2n) is 4.82. The summed E-state index contributed by atoms with van der Waals surface area (Å²) < 4.78 is 0. The van der Waals surface area contributed by atoms with E-state index in [1.807, 2.05) is 55.3 Å². The summed E-state index contributed by atoms with van der Waals surface area (Å²) in [7, 11) is 1.95. The lowest BCUT2D eigenvalue weighted by Gasteiger charge is -2.15. The van der Waals surface area contributed by atoms with Gasteiger partial charge in [-0.1, -0.05) is 23.8 Å². The Bertz CT molecular complexity index is 552. The van der Waals surface area contributed by atoms with Crippen molar-refractivity contribution in [2.45, 2.75) is 13.5 Å². The minimum Gasteiger partial charge on any atom is -0.295 e. The number of Topliss-reactive ketones (excluding diaryl/α,β-unsaturated/α-hetero) is 1. The summed E-state index contributed by atoms with van der Waals surface area (Å²) in [5.74, 6) is 0.153. The largest absolute Gasteiger partial charge is 0.295 e. The molecule has 1 heterocycles. The van der Waals surface area contributed by atoms with E-state index in [1.54, 1.807) is 12.4 Å². The molecule has 0 aliphatic rings. The van der Waals surface area contributed by atoms with Crippen molar-refractivity contribution in [1.82, 2.24) is 9.88 Å². The topological polar surface area (TPSA) is 33.2 Å². The first-order valence-corrected chi connectivity index (χ1v) is 6.32. The molecule has 2 rings (SSSR count). The SMILES string of the molecule is Cc1cccc(C(=O)CN(C)Cc2ccncc2)c1. The third-order valence-corrected chi connectivity index (χ3v) is 2.96. The summed E-state index contributed by atoms with van der Waals surface area (Å²) in [6, 6.07) is 11.7. The lowest BCUT2D eigenvalue weighted by Crippen LogP contribution is -2.25. The van der Waals surface area contributed by atoms with Gasteiger partial charge in [-0.05, 0) is 37.7 Å². The number of ketones is 1. The number of benzene rings is 1. The van der Waals surface area contributed by atoms with Crippen LogP contribution in [0.2, 0.25) is 0 Å². The van der Waals surface area contributed by atoms with E-state index in [1.165, 1.54) is 0 Å². The molecule has 0 aliphatic heterocycles. The summed E-state index contributed by atoms with van der Waals surface area (Å²) in [6.07, 6.45) is 3.54. The maximum absolute atomic E-state index is 12.1. The number of likely N-dealkylation sites (N-methyl/N-ethyl adjacent to an activating group) is 1. The van der Waals surface area contributed by atoms with Crippen molar-refractivity contribution in [2.75, 3.05) is 13.6 Å². The van der Waals surface area contributed by atoms with Gasteiger partial charge < -0.3 is 0 Å². The Morgan fingerprint density at radius 3 is 2.63 bits per heavy atom. The van der Waals surface area contributed by atoms with E-state index < -0.39 is 0 Å². The lowest BCUT2D eigenvalue weighted by atomic mass is 10.1. The summed E-state index contributed by atoms with van der Waals surface area (Å²) >= 11 is 0. The molecule has 1 aromatic carbocycles. The van der Waals surface area contributed by atoms with Crippen molar-refractivity contribution in [1.29, 1.82) is 0 Å². The molecule has 2 aromatic rings. The van der Waals surface area contributed by atoms with E-state index >= 15 is 0 Å². The lowest BCUT2D eigenvalue weighted by molar-refractivity contribution is 0.0943. The molecular formula is C16H18N2O. The van der Waals surface area contributed by atoms with Crippen LogP contribution >= 0.6 is 0 Å². The molecule has 3 heteroatoms. The highest BCUT2D eigenvalue weighted by atomic mass is 16.1. The quantitative estimate of drug-likeness (QED) is 0.769. The number of hydrogen-bond donors (Lipinski definition) is 0. The standard InChI is InChI=1S/C16H18N2O/c1-13-4-3-5-15(10-13)16(19)12-18(2)11-14-6-8-17-9-7-14/h3-10H,11-12H2,1-2H3. The number of nitrogens with zero attached hydrogens (tertiary/aromatic N) is 2. The Kier molecular flexibility index (Phi) is 4.42. The Morgan fingerprint density at radius 2 is 1.95 bits per heavy atom. The average Bonchev–Trinajstić information content (AvgIpc) is 2.39. The Balaban J connectivity index is 1.95. The summed E-state index contributed by atoms with van der Waals surface area (Å²) in [6.45, 7) is 3.17. The van der Waals surface area contributed by atoms with Crippen LogP contribution in [0.1, 0.15) is 21.5 Å². The fourth-order valence-corrected chi connectivity index (χ4v) is 2.01. The van der Waals surface area contributed by atoms with Crippen molar-refractivity contribution < 1.29 is 4.79 Å². The Morgan fingerprint density at radius 1 is 1.21 bits per heavy atom. The maximum Gasteiger partial charge on any atom is 0.176 e. The van der Waals surface area contributed by atoms with Crippen LogP contribution in [-0.4, -0.2) is 29.3 Å². The number of carbonyl (C=O) groups excluding carboxylic acids is 1. The van der Waals surface area contributed by atoms with Gasteiger partial charge in [0.1, 0.15) is 0 Å². The maximum atomic E-state index is 12.1. The van der Waals surface area contributed by atoms with Gasteiger partial charge in [-0.2, -0.15) is 0 Å². The molecule has 0 fully saturated rings. The number of pyridine rings is 1. The van der Waals surface area contributed by atoms with E-state index in [4.69, 9.17) is 0 Å². The molecule has 3 nitrogen and oxygen atoms in total. The van der Waals surface area contributed by atoms with E-state index in [2.05, 4.69) is 4.98 Å². The van der Waals surface area contributed by atoms with Gasteiger partial charge in [0.05, 0.1) is 6.54 Å². The van der Waals surface area contributed by atoms with Crippen molar-refractivity contribution in [2.24, 2.45) is 0 Å². The molecule has 0 N–H and O–H groups in total. The molecule has 0 saturated carbocycles. The van der Waals surface area contributed by atoms with Gasteiger partial charge in [0.25, 0.3) is 0 Å². The third kappa shape index (κ3) is 4.00. The fourth-order valence-electron chi connectivity index (χ4n) is 2.01. The normalized spacial score (nSPS) is 10.7. The molecule has 0 aliphatic carbocycles. The van der Waals surface area contributed by atoms with E-state index in [0.29, 0.717) is 6.54 Å². The molecule has 98 valence electrons. The molecule has 0 unspecified atom stereocenters.